The molecular weight excluding hydrogens is 224 g/mol. The Morgan fingerprint density at radius 1 is 1.53 bits per heavy atom. The number of hydrogen-bond acceptors (Lipinski definition) is 4. The molecule has 0 unspecified atom stereocenters. The van der Waals surface area contributed by atoms with E-state index in [1.807, 2.05) is 6.92 Å². The largest absolute Gasteiger partial charge is 0.449 e. The van der Waals surface area contributed by atoms with Gasteiger partial charge in [-0.3, -0.25) is 14.8 Å². The van der Waals surface area contributed by atoms with Crippen LogP contribution in [0.3, 0.4) is 0 Å². The van der Waals surface area contributed by atoms with E-state index in [9.17, 15) is 9.59 Å². The van der Waals surface area contributed by atoms with Crippen molar-refractivity contribution in [2.75, 3.05) is 19.0 Å². The minimum absolute atomic E-state index is 0.113. The van der Waals surface area contributed by atoms with E-state index in [-0.39, 0.29) is 12.5 Å². The van der Waals surface area contributed by atoms with E-state index in [4.69, 9.17) is 4.74 Å². The predicted molar refractivity (Wildman–Crippen MR) is 61.6 cm³/mol. The second kappa shape index (κ2) is 6.51. The van der Waals surface area contributed by atoms with Crippen LogP contribution in [0.2, 0.25) is 0 Å². The number of nitrogens with zero attached hydrogens (tertiary/aromatic N) is 2. The predicted octanol–water partition coefficient (Wildman–Crippen LogP) is 0.588. The lowest BCUT2D eigenvalue weighted by atomic mass is 10.5. The van der Waals surface area contributed by atoms with Crippen LogP contribution < -0.4 is 10.6 Å². The molecule has 0 aliphatic heterocycles. The molecule has 0 saturated heterocycles. The molecule has 0 fully saturated rings. The molecule has 1 heterocycles. The summed E-state index contributed by atoms with van der Waals surface area (Å²) in [6, 6.07) is 0. The summed E-state index contributed by atoms with van der Waals surface area (Å²) >= 11 is 0. The number of carbonyl (C=O) groups is 2. The average Bonchev–Trinajstić information content (AvgIpc) is 2.73. The van der Waals surface area contributed by atoms with E-state index in [0.29, 0.717) is 12.3 Å². The number of nitrogens with one attached hydrogen (secondary N) is 2. The molecule has 1 rings (SSSR count). The van der Waals surface area contributed by atoms with Crippen LogP contribution in [0.1, 0.15) is 13.3 Å². The summed E-state index contributed by atoms with van der Waals surface area (Å²) in [5.74, 6) is -0.159. The molecule has 0 radical (unpaired) electrons. The van der Waals surface area contributed by atoms with Crippen LogP contribution in [-0.2, 0) is 16.1 Å². The Balaban J connectivity index is 2.45. The lowest BCUT2D eigenvalue weighted by Gasteiger charge is -2.03. The number of hydrogen-bond donors (Lipinski definition) is 2. The van der Waals surface area contributed by atoms with Crippen LogP contribution in [0, 0.1) is 0 Å². The second-order valence-corrected chi connectivity index (χ2v) is 3.36. The van der Waals surface area contributed by atoms with Gasteiger partial charge in [0.05, 0.1) is 18.5 Å². The fourth-order valence-corrected chi connectivity index (χ4v) is 1.09. The first-order valence-corrected chi connectivity index (χ1v) is 5.32. The van der Waals surface area contributed by atoms with E-state index >= 15 is 0 Å². The van der Waals surface area contributed by atoms with E-state index < -0.39 is 6.09 Å². The highest BCUT2D eigenvalue weighted by Gasteiger charge is 2.06. The van der Waals surface area contributed by atoms with Crippen LogP contribution >= 0.6 is 0 Å². The fraction of sp³-hybridized carbons (Fsp3) is 0.500. The topological polar surface area (TPSA) is 85.2 Å². The van der Waals surface area contributed by atoms with Crippen LogP contribution in [0.5, 0.6) is 0 Å². The summed E-state index contributed by atoms with van der Waals surface area (Å²) < 4.78 is 6.27. The Hall–Kier alpha value is -2.05. The Kier molecular flexibility index (Phi) is 4.99. The summed E-state index contributed by atoms with van der Waals surface area (Å²) in [4.78, 5) is 22.3. The summed E-state index contributed by atoms with van der Waals surface area (Å²) in [5, 5.41) is 8.91. The first kappa shape index (κ1) is 13.0. The lowest BCUT2D eigenvalue weighted by Crippen LogP contribution is -2.23. The van der Waals surface area contributed by atoms with Gasteiger partial charge in [0, 0.05) is 13.2 Å². The maximum absolute atomic E-state index is 11.2. The number of aromatic nitrogens is 2. The zero-order valence-electron chi connectivity index (χ0n) is 9.90. The number of amides is 2. The van der Waals surface area contributed by atoms with Crippen molar-refractivity contribution < 1.29 is 14.3 Å². The van der Waals surface area contributed by atoms with Crippen LogP contribution in [-0.4, -0.2) is 35.4 Å². The SMILES string of the molecule is CCCOC(=O)Nc1cnn(CC(=O)NC)c1. The van der Waals surface area contributed by atoms with Gasteiger partial charge in [-0.15, -0.1) is 0 Å². The van der Waals surface area contributed by atoms with E-state index in [1.54, 1.807) is 13.2 Å². The first-order valence-electron chi connectivity index (χ1n) is 5.32. The molecule has 0 aromatic carbocycles. The van der Waals surface area contributed by atoms with Gasteiger partial charge >= 0.3 is 6.09 Å². The number of likely N-dealkylation sites (N-methyl/N-ethyl adjacent to an activating group) is 1. The van der Waals surface area contributed by atoms with Gasteiger partial charge in [0.2, 0.25) is 5.91 Å². The Morgan fingerprint density at radius 3 is 2.94 bits per heavy atom. The van der Waals surface area contributed by atoms with Crippen molar-refractivity contribution in [3.8, 4) is 0 Å². The zero-order valence-corrected chi connectivity index (χ0v) is 9.90. The van der Waals surface area contributed by atoms with Gasteiger partial charge in [-0.1, -0.05) is 6.92 Å². The molecule has 2 amide bonds. The molecule has 0 bridgehead atoms. The van der Waals surface area contributed by atoms with Crippen molar-refractivity contribution in [2.45, 2.75) is 19.9 Å². The molecule has 94 valence electrons. The van der Waals surface area contributed by atoms with E-state index in [0.717, 1.165) is 6.42 Å². The minimum atomic E-state index is -0.522. The van der Waals surface area contributed by atoms with E-state index in [2.05, 4.69) is 15.7 Å². The highest BCUT2D eigenvalue weighted by atomic mass is 16.5. The van der Waals surface area contributed by atoms with Gasteiger partial charge in [0.1, 0.15) is 6.54 Å². The highest BCUT2D eigenvalue weighted by Crippen LogP contribution is 2.05. The molecule has 7 heteroatoms. The van der Waals surface area contributed by atoms with Crippen molar-refractivity contribution in [3.63, 3.8) is 0 Å². The summed E-state index contributed by atoms with van der Waals surface area (Å²) in [6.07, 6.45) is 3.26. The molecule has 1 aromatic heterocycles. The van der Waals surface area contributed by atoms with Crippen LogP contribution in [0.25, 0.3) is 0 Å². The van der Waals surface area contributed by atoms with Crippen molar-refractivity contribution >= 4 is 17.7 Å². The van der Waals surface area contributed by atoms with Crippen molar-refractivity contribution in [2.24, 2.45) is 0 Å². The van der Waals surface area contributed by atoms with E-state index in [1.165, 1.54) is 10.9 Å². The van der Waals surface area contributed by atoms with Crippen LogP contribution in [0.15, 0.2) is 12.4 Å². The lowest BCUT2D eigenvalue weighted by molar-refractivity contribution is -0.121. The first-order chi connectivity index (χ1) is 8.15. The normalized spacial score (nSPS) is 9.76. The second-order valence-electron chi connectivity index (χ2n) is 3.36. The Morgan fingerprint density at radius 2 is 2.29 bits per heavy atom. The number of carbonyl (C=O) groups excluding carboxylic acids is 2. The highest BCUT2D eigenvalue weighted by molar-refractivity contribution is 5.84. The molecule has 0 saturated carbocycles. The molecule has 0 aliphatic rings. The summed E-state index contributed by atoms with van der Waals surface area (Å²) in [5.41, 5.74) is 0.495. The van der Waals surface area contributed by atoms with Crippen molar-refractivity contribution in [3.05, 3.63) is 12.4 Å². The maximum atomic E-state index is 11.2. The molecular formula is C10H16N4O3. The molecule has 7 nitrogen and oxygen atoms in total. The molecule has 0 atom stereocenters. The summed E-state index contributed by atoms with van der Waals surface area (Å²) in [6.45, 7) is 2.40. The number of anilines is 1. The molecule has 0 aliphatic carbocycles. The quantitative estimate of drug-likeness (QED) is 0.788. The molecule has 0 spiro atoms. The molecule has 2 N–H and O–H groups in total. The van der Waals surface area contributed by atoms with Crippen molar-refractivity contribution in [1.29, 1.82) is 0 Å². The van der Waals surface area contributed by atoms with Gasteiger partial charge in [-0.25, -0.2) is 4.79 Å². The third kappa shape index (κ3) is 4.54. The zero-order chi connectivity index (χ0) is 12.7. The molecule has 17 heavy (non-hydrogen) atoms. The fourth-order valence-electron chi connectivity index (χ4n) is 1.09. The van der Waals surface area contributed by atoms with Gasteiger partial charge in [0.15, 0.2) is 0 Å². The van der Waals surface area contributed by atoms with Crippen molar-refractivity contribution in [1.82, 2.24) is 15.1 Å². The van der Waals surface area contributed by atoms with Crippen LogP contribution in [0.4, 0.5) is 10.5 Å². The van der Waals surface area contributed by atoms with Gasteiger partial charge < -0.3 is 10.1 Å². The minimum Gasteiger partial charge on any atom is -0.449 e. The third-order valence-corrected chi connectivity index (χ3v) is 1.90. The van der Waals surface area contributed by atoms with Gasteiger partial charge in [-0.05, 0) is 6.42 Å². The van der Waals surface area contributed by atoms with Gasteiger partial charge in [-0.2, -0.15) is 5.10 Å². The number of ether oxygens (including phenoxy) is 1. The monoisotopic (exact) mass is 240 g/mol. The summed E-state index contributed by atoms with van der Waals surface area (Å²) in [7, 11) is 1.55. The maximum Gasteiger partial charge on any atom is 0.411 e. The third-order valence-electron chi connectivity index (χ3n) is 1.90. The standard InChI is InChI=1S/C10H16N4O3/c1-3-4-17-10(16)13-8-5-12-14(6-8)7-9(15)11-2/h5-6H,3-4,7H2,1-2H3,(H,11,15)(H,13,16). The Labute approximate surface area is 99.1 Å². The number of rotatable bonds is 5. The molecule has 1 aromatic rings. The van der Waals surface area contributed by atoms with Gasteiger partial charge in [0.25, 0.3) is 0 Å². The smallest absolute Gasteiger partial charge is 0.411 e. The Bertz CT molecular complexity index is 389. The average molecular weight is 240 g/mol.